The molecule has 0 aliphatic heterocycles. The van der Waals surface area contributed by atoms with Crippen molar-refractivity contribution in [3.05, 3.63) is 36.2 Å². The van der Waals surface area contributed by atoms with Crippen LogP contribution in [-0.4, -0.2) is 30.5 Å². The lowest BCUT2D eigenvalue weighted by atomic mass is 10.3. The fourth-order valence-electron chi connectivity index (χ4n) is 2.13. The van der Waals surface area contributed by atoms with Gasteiger partial charge in [0.15, 0.2) is 0 Å². The molecule has 1 aromatic carbocycles. The number of sulfonamides is 1. The molecule has 0 saturated heterocycles. The Hall–Kier alpha value is -1.93. The van der Waals surface area contributed by atoms with Crippen molar-refractivity contribution in [1.29, 1.82) is 0 Å². The topological polar surface area (TPSA) is 100 Å². The number of benzene rings is 1. The van der Waals surface area contributed by atoms with Gasteiger partial charge in [0, 0.05) is 0 Å². The van der Waals surface area contributed by atoms with Gasteiger partial charge < -0.3 is 4.74 Å². The minimum absolute atomic E-state index is 0.399. The number of nitrogens with zero attached hydrogens (tertiary/aromatic N) is 3. The largest absolute Gasteiger partial charge is 0.497 e. The highest BCUT2D eigenvalue weighted by Gasteiger charge is 2.56. The summed E-state index contributed by atoms with van der Waals surface area (Å²) in [5, 5.41) is 13.2. The van der Waals surface area contributed by atoms with Crippen LogP contribution in [0.3, 0.4) is 0 Å². The number of hydrogen-bond donors (Lipinski definition) is 1. The van der Waals surface area contributed by atoms with Gasteiger partial charge in [-0.05, 0) is 37.1 Å². The number of rotatable bonds is 4. The van der Waals surface area contributed by atoms with E-state index in [-0.39, 0.29) is 0 Å². The Kier molecular flexibility index (Phi) is 2.80. The zero-order chi connectivity index (χ0) is 14.4. The molecule has 7 nitrogen and oxygen atoms in total. The predicted octanol–water partition coefficient (Wildman–Crippen LogP) is 0.553. The van der Waals surface area contributed by atoms with Crippen molar-refractivity contribution in [3.8, 4) is 11.4 Å². The average Bonchev–Trinajstić information content (AvgIpc) is 3.11. The van der Waals surface area contributed by atoms with Gasteiger partial charge in [0.1, 0.15) is 16.2 Å². The molecule has 106 valence electrons. The number of nitrogens with two attached hydrogens (primary N) is 1. The van der Waals surface area contributed by atoms with Crippen LogP contribution in [0, 0.1) is 0 Å². The van der Waals surface area contributed by atoms with Crippen molar-refractivity contribution in [2.24, 2.45) is 5.14 Å². The summed E-state index contributed by atoms with van der Waals surface area (Å²) in [6.07, 6.45) is 2.60. The van der Waals surface area contributed by atoms with Gasteiger partial charge in [0.05, 0.1) is 19.0 Å². The van der Waals surface area contributed by atoms with Gasteiger partial charge in [0.2, 0.25) is 10.0 Å². The Morgan fingerprint density at radius 2 is 1.95 bits per heavy atom. The summed E-state index contributed by atoms with van der Waals surface area (Å²) in [5.74, 6) is 0.734. The highest BCUT2D eigenvalue weighted by molar-refractivity contribution is 7.90. The Morgan fingerprint density at radius 1 is 1.30 bits per heavy atom. The van der Waals surface area contributed by atoms with Gasteiger partial charge in [-0.3, -0.25) is 0 Å². The third kappa shape index (κ3) is 1.97. The first-order valence-corrected chi connectivity index (χ1v) is 7.60. The van der Waals surface area contributed by atoms with Gasteiger partial charge in [-0.15, -0.1) is 5.10 Å². The highest BCUT2D eigenvalue weighted by atomic mass is 32.2. The summed E-state index contributed by atoms with van der Waals surface area (Å²) in [4.78, 5) is 0. The number of primary sulfonamides is 1. The molecule has 0 atom stereocenters. The summed E-state index contributed by atoms with van der Waals surface area (Å²) in [6, 6.07) is 7.22. The van der Waals surface area contributed by atoms with E-state index in [1.165, 1.54) is 4.68 Å². The van der Waals surface area contributed by atoms with Crippen LogP contribution in [0.5, 0.6) is 5.75 Å². The zero-order valence-corrected chi connectivity index (χ0v) is 11.7. The molecule has 0 unspecified atom stereocenters. The van der Waals surface area contributed by atoms with Crippen LogP contribution in [-0.2, 0) is 14.8 Å². The minimum atomic E-state index is -3.66. The summed E-state index contributed by atoms with van der Waals surface area (Å²) in [5.41, 5.74) is 1.17. The summed E-state index contributed by atoms with van der Waals surface area (Å²) >= 11 is 0. The van der Waals surface area contributed by atoms with Crippen molar-refractivity contribution in [3.63, 3.8) is 0 Å². The maximum absolute atomic E-state index is 11.6. The molecule has 0 radical (unpaired) electrons. The van der Waals surface area contributed by atoms with Crippen molar-refractivity contribution in [1.82, 2.24) is 15.0 Å². The third-order valence-corrected chi connectivity index (χ3v) is 5.25. The molecule has 3 rings (SSSR count). The second-order valence-corrected chi connectivity index (χ2v) is 6.66. The van der Waals surface area contributed by atoms with Crippen LogP contribution in [0.15, 0.2) is 30.5 Å². The van der Waals surface area contributed by atoms with Crippen LogP contribution in [0.1, 0.15) is 18.5 Å². The Balaban J connectivity index is 1.94. The summed E-state index contributed by atoms with van der Waals surface area (Å²) in [6.45, 7) is 0. The second-order valence-electron chi connectivity index (χ2n) is 4.79. The molecule has 1 heterocycles. The molecule has 8 heteroatoms. The Morgan fingerprint density at radius 3 is 2.45 bits per heavy atom. The van der Waals surface area contributed by atoms with E-state index in [0.29, 0.717) is 18.5 Å². The Labute approximate surface area is 116 Å². The first kappa shape index (κ1) is 13.1. The number of aromatic nitrogens is 3. The highest BCUT2D eigenvalue weighted by Crippen LogP contribution is 2.50. The van der Waals surface area contributed by atoms with E-state index >= 15 is 0 Å². The van der Waals surface area contributed by atoms with Crippen molar-refractivity contribution < 1.29 is 13.2 Å². The maximum Gasteiger partial charge on any atom is 0.220 e. The lowest BCUT2D eigenvalue weighted by Crippen LogP contribution is -2.28. The van der Waals surface area contributed by atoms with Crippen LogP contribution >= 0.6 is 0 Å². The van der Waals surface area contributed by atoms with Gasteiger partial charge >= 0.3 is 0 Å². The Bertz CT molecular complexity index is 732. The maximum atomic E-state index is 11.6. The number of ether oxygens (including phenoxy) is 1. The molecule has 0 spiro atoms. The summed E-state index contributed by atoms with van der Waals surface area (Å²) in [7, 11) is -2.07. The molecule has 0 amide bonds. The lowest BCUT2D eigenvalue weighted by molar-refractivity contribution is 0.414. The third-order valence-electron chi connectivity index (χ3n) is 3.55. The zero-order valence-electron chi connectivity index (χ0n) is 10.9. The lowest BCUT2D eigenvalue weighted by Gasteiger charge is -2.07. The van der Waals surface area contributed by atoms with E-state index in [0.717, 1.165) is 11.4 Å². The molecular formula is C12H14N4O3S. The van der Waals surface area contributed by atoms with Crippen molar-refractivity contribution in [2.45, 2.75) is 17.6 Å². The van der Waals surface area contributed by atoms with Gasteiger partial charge in [-0.1, -0.05) is 5.21 Å². The van der Waals surface area contributed by atoms with Gasteiger partial charge in [0.25, 0.3) is 0 Å². The number of methoxy groups -OCH3 is 1. The van der Waals surface area contributed by atoms with E-state index in [1.807, 2.05) is 12.1 Å². The van der Waals surface area contributed by atoms with E-state index in [1.54, 1.807) is 25.4 Å². The molecule has 1 aliphatic rings. The van der Waals surface area contributed by atoms with Crippen LogP contribution < -0.4 is 9.88 Å². The fraction of sp³-hybridized carbons (Fsp3) is 0.333. The average molecular weight is 294 g/mol. The van der Waals surface area contributed by atoms with Crippen LogP contribution in [0.4, 0.5) is 0 Å². The van der Waals surface area contributed by atoms with Crippen LogP contribution in [0.25, 0.3) is 5.69 Å². The predicted molar refractivity (Wildman–Crippen MR) is 71.9 cm³/mol. The minimum Gasteiger partial charge on any atom is -0.497 e. The van der Waals surface area contributed by atoms with E-state index < -0.39 is 14.8 Å². The molecule has 1 aliphatic carbocycles. The normalized spacial score (nSPS) is 16.9. The first-order valence-electron chi connectivity index (χ1n) is 6.06. The molecular weight excluding hydrogens is 280 g/mol. The SMILES string of the molecule is COc1ccc(-n2cc(C3(S(N)(=O)=O)CC3)nn2)cc1. The summed E-state index contributed by atoms with van der Waals surface area (Å²) < 4.78 is 28.8. The second kappa shape index (κ2) is 4.29. The molecule has 1 saturated carbocycles. The monoisotopic (exact) mass is 294 g/mol. The quantitative estimate of drug-likeness (QED) is 0.887. The van der Waals surface area contributed by atoms with E-state index in [2.05, 4.69) is 10.3 Å². The molecule has 1 fully saturated rings. The van der Waals surface area contributed by atoms with Crippen LogP contribution in [0.2, 0.25) is 0 Å². The van der Waals surface area contributed by atoms with Gasteiger partial charge in [-0.2, -0.15) is 0 Å². The van der Waals surface area contributed by atoms with E-state index in [9.17, 15) is 8.42 Å². The molecule has 2 aromatic rings. The molecule has 2 N–H and O–H groups in total. The van der Waals surface area contributed by atoms with Gasteiger partial charge in [-0.25, -0.2) is 18.2 Å². The molecule has 20 heavy (non-hydrogen) atoms. The van der Waals surface area contributed by atoms with Crippen molar-refractivity contribution in [2.75, 3.05) is 7.11 Å². The molecule has 1 aromatic heterocycles. The molecule has 0 bridgehead atoms. The standard InChI is InChI=1S/C12H14N4O3S/c1-19-10-4-2-9(3-5-10)16-8-11(14-15-16)12(6-7-12)20(13,17)18/h2-5,8H,6-7H2,1H3,(H2,13,17,18). The van der Waals surface area contributed by atoms with E-state index in [4.69, 9.17) is 9.88 Å². The number of hydrogen-bond acceptors (Lipinski definition) is 5. The first-order chi connectivity index (χ1) is 9.46. The smallest absolute Gasteiger partial charge is 0.220 e. The fourth-order valence-corrected chi connectivity index (χ4v) is 3.19. The van der Waals surface area contributed by atoms with Crippen molar-refractivity contribution >= 4 is 10.0 Å².